The summed E-state index contributed by atoms with van der Waals surface area (Å²) in [6, 6.07) is 0.484. The molecule has 6 heteroatoms. The first-order chi connectivity index (χ1) is 7.72. The highest BCUT2D eigenvalue weighted by Gasteiger charge is 2.18. The van der Waals surface area contributed by atoms with E-state index >= 15 is 0 Å². The second kappa shape index (κ2) is 9.65. The predicted molar refractivity (Wildman–Crippen MR) is 68.8 cm³/mol. The van der Waals surface area contributed by atoms with Crippen LogP contribution >= 0.6 is 12.4 Å². The van der Waals surface area contributed by atoms with Gasteiger partial charge in [0.25, 0.3) is 0 Å². The summed E-state index contributed by atoms with van der Waals surface area (Å²) >= 11 is 0. The summed E-state index contributed by atoms with van der Waals surface area (Å²) in [6.45, 7) is 4.52. The van der Waals surface area contributed by atoms with Crippen LogP contribution in [-0.2, 0) is 9.53 Å². The molecule has 2 N–H and O–H groups in total. The number of ether oxygens (including phenoxy) is 1. The Hall–Kier alpha value is -0.360. The number of likely N-dealkylation sites (tertiary alicyclic amines) is 1. The molecule has 0 radical (unpaired) electrons. The summed E-state index contributed by atoms with van der Waals surface area (Å²) in [4.78, 5) is 12.7. The van der Waals surface area contributed by atoms with Gasteiger partial charge in [0.1, 0.15) is 0 Å². The number of hydrogen-bond acceptors (Lipinski definition) is 4. The van der Waals surface area contributed by atoms with Crippen molar-refractivity contribution in [1.82, 2.24) is 10.2 Å². The SMILES string of the molecule is COCCN1CCC(NCCC(=O)O)CC1.Cl. The van der Waals surface area contributed by atoms with Gasteiger partial charge in [0, 0.05) is 26.2 Å². The number of carboxylic acid groups (broad SMARTS) is 1. The number of halogens is 1. The zero-order valence-corrected chi connectivity index (χ0v) is 11.2. The second-order valence-electron chi connectivity index (χ2n) is 4.21. The molecule has 0 saturated carbocycles. The van der Waals surface area contributed by atoms with Gasteiger partial charge in [-0.3, -0.25) is 4.79 Å². The van der Waals surface area contributed by atoms with Gasteiger partial charge in [0.15, 0.2) is 0 Å². The smallest absolute Gasteiger partial charge is 0.304 e. The third-order valence-corrected chi connectivity index (χ3v) is 2.97. The molecule has 1 rings (SSSR count). The highest BCUT2D eigenvalue weighted by atomic mass is 35.5. The van der Waals surface area contributed by atoms with E-state index in [-0.39, 0.29) is 18.8 Å². The molecule has 0 atom stereocenters. The highest BCUT2D eigenvalue weighted by Crippen LogP contribution is 2.09. The second-order valence-corrected chi connectivity index (χ2v) is 4.21. The molecule has 1 heterocycles. The van der Waals surface area contributed by atoms with Crippen molar-refractivity contribution in [2.45, 2.75) is 25.3 Å². The molecule has 17 heavy (non-hydrogen) atoms. The standard InChI is InChI=1S/C11H22N2O3.ClH/c1-16-9-8-13-6-3-10(4-7-13)12-5-2-11(14)15;/h10,12H,2-9H2,1H3,(H,14,15);1H. The molecule has 1 fully saturated rings. The zero-order chi connectivity index (χ0) is 11.8. The van der Waals surface area contributed by atoms with Gasteiger partial charge in [-0.25, -0.2) is 0 Å². The maximum atomic E-state index is 10.3. The van der Waals surface area contributed by atoms with Gasteiger partial charge in [0.2, 0.25) is 0 Å². The number of aliphatic carboxylic acids is 1. The molecule has 0 aromatic rings. The quantitative estimate of drug-likeness (QED) is 0.706. The fourth-order valence-electron chi connectivity index (χ4n) is 1.96. The zero-order valence-electron chi connectivity index (χ0n) is 10.4. The fraction of sp³-hybridized carbons (Fsp3) is 0.909. The molecule has 0 spiro atoms. The van der Waals surface area contributed by atoms with E-state index in [1.165, 1.54) is 0 Å². The lowest BCUT2D eigenvalue weighted by Gasteiger charge is -2.32. The van der Waals surface area contributed by atoms with Crippen molar-refractivity contribution >= 4 is 18.4 Å². The highest BCUT2D eigenvalue weighted by molar-refractivity contribution is 5.85. The van der Waals surface area contributed by atoms with Crippen molar-refractivity contribution in [3.8, 4) is 0 Å². The van der Waals surface area contributed by atoms with E-state index < -0.39 is 5.97 Å². The van der Waals surface area contributed by atoms with Gasteiger partial charge in [-0.05, 0) is 25.9 Å². The van der Waals surface area contributed by atoms with E-state index in [9.17, 15) is 4.79 Å². The van der Waals surface area contributed by atoms with Crippen molar-refractivity contribution in [3.05, 3.63) is 0 Å². The van der Waals surface area contributed by atoms with E-state index in [0.29, 0.717) is 12.6 Å². The van der Waals surface area contributed by atoms with Crippen molar-refractivity contribution in [2.24, 2.45) is 0 Å². The third-order valence-electron chi connectivity index (χ3n) is 2.97. The first-order valence-electron chi connectivity index (χ1n) is 5.89. The summed E-state index contributed by atoms with van der Waals surface area (Å²) in [6.07, 6.45) is 2.41. The average Bonchev–Trinajstić information content (AvgIpc) is 2.27. The summed E-state index contributed by atoms with van der Waals surface area (Å²) in [5.41, 5.74) is 0. The van der Waals surface area contributed by atoms with Gasteiger partial charge in [-0.1, -0.05) is 0 Å². The Morgan fingerprint density at radius 1 is 1.47 bits per heavy atom. The maximum Gasteiger partial charge on any atom is 0.304 e. The number of piperidine rings is 1. The molecule has 1 aliphatic rings. The molecule has 0 aromatic carbocycles. The van der Waals surface area contributed by atoms with Crippen LogP contribution in [0, 0.1) is 0 Å². The normalized spacial score (nSPS) is 17.7. The van der Waals surface area contributed by atoms with Crippen molar-refractivity contribution < 1.29 is 14.6 Å². The Bertz CT molecular complexity index is 209. The van der Waals surface area contributed by atoms with Crippen LogP contribution in [0.1, 0.15) is 19.3 Å². The lowest BCUT2D eigenvalue weighted by molar-refractivity contribution is -0.136. The minimum atomic E-state index is -0.731. The summed E-state index contributed by atoms with van der Waals surface area (Å²) in [7, 11) is 1.72. The van der Waals surface area contributed by atoms with E-state index in [1.54, 1.807) is 7.11 Å². The minimum Gasteiger partial charge on any atom is -0.481 e. The molecular formula is C11H23ClN2O3. The van der Waals surface area contributed by atoms with Gasteiger partial charge >= 0.3 is 5.97 Å². The predicted octanol–water partition coefficient (Wildman–Crippen LogP) is 0.583. The Labute approximate surface area is 109 Å². The number of nitrogens with zero attached hydrogens (tertiary/aromatic N) is 1. The number of carboxylic acids is 1. The van der Waals surface area contributed by atoms with Crippen LogP contribution in [0.3, 0.4) is 0 Å². The van der Waals surface area contributed by atoms with Crippen LogP contribution in [0.15, 0.2) is 0 Å². The van der Waals surface area contributed by atoms with Crippen LogP contribution in [-0.4, -0.2) is 61.9 Å². The van der Waals surface area contributed by atoms with Crippen LogP contribution in [0.2, 0.25) is 0 Å². The molecule has 0 aromatic heterocycles. The van der Waals surface area contributed by atoms with Crippen LogP contribution in [0.5, 0.6) is 0 Å². The molecule has 5 nitrogen and oxygen atoms in total. The topological polar surface area (TPSA) is 61.8 Å². The summed E-state index contributed by atoms with van der Waals surface area (Å²) in [5, 5.41) is 11.8. The molecule has 102 valence electrons. The van der Waals surface area contributed by atoms with Gasteiger partial charge < -0.3 is 20.1 Å². The largest absolute Gasteiger partial charge is 0.481 e. The third kappa shape index (κ3) is 7.54. The molecule has 0 bridgehead atoms. The Balaban J connectivity index is 0.00000256. The number of methoxy groups -OCH3 is 1. The van der Waals surface area contributed by atoms with Crippen molar-refractivity contribution in [1.29, 1.82) is 0 Å². The lowest BCUT2D eigenvalue weighted by atomic mass is 10.1. The maximum absolute atomic E-state index is 10.3. The molecule has 0 unspecified atom stereocenters. The van der Waals surface area contributed by atoms with E-state index in [4.69, 9.17) is 9.84 Å². The van der Waals surface area contributed by atoms with Crippen molar-refractivity contribution in [2.75, 3.05) is 39.9 Å². The van der Waals surface area contributed by atoms with Gasteiger partial charge in [-0.15, -0.1) is 12.4 Å². The first-order valence-corrected chi connectivity index (χ1v) is 5.89. The Kier molecular flexibility index (Phi) is 9.44. The average molecular weight is 267 g/mol. The first kappa shape index (κ1) is 16.6. The fourth-order valence-corrected chi connectivity index (χ4v) is 1.96. The lowest BCUT2D eigenvalue weighted by Crippen LogP contribution is -2.43. The minimum absolute atomic E-state index is 0. The van der Waals surface area contributed by atoms with E-state index in [0.717, 1.165) is 39.1 Å². The Morgan fingerprint density at radius 3 is 2.65 bits per heavy atom. The Morgan fingerprint density at radius 2 is 2.12 bits per heavy atom. The number of rotatable bonds is 7. The van der Waals surface area contributed by atoms with Crippen LogP contribution in [0.4, 0.5) is 0 Å². The molecule has 1 aliphatic heterocycles. The molecular weight excluding hydrogens is 244 g/mol. The number of hydrogen-bond donors (Lipinski definition) is 2. The van der Waals surface area contributed by atoms with Gasteiger partial charge in [0.05, 0.1) is 13.0 Å². The number of nitrogens with one attached hydrogen (secondary N) is 1. The molecule has 0 aliphatic carbocycles. The molecule has 1 saturated heterocycles. The monoisotopic (exact) mass is 266 g/mol. The summed E-state index contributed by atoms with van der Waals surface area (Å²) in [5.74, 6) is -0.731. The van der Waals surface area contributed by atoms with E-state index in [1.807, 2.05) is 0 Å². The van der Waals surface area contributed by atoms with Crippen LogP contribution < -0.4 is 5.32 Å². The van der Waals surface area contributed by atoms with E-state index in [2.05, 4.69) is 10.2 Å². The van der Waals surface area contributed by atoms with Crippen molar-refractivity contribution in [3.63, 3.8) is 0 Å². The van der Waals surface area contributed by atoms with Gasteiger partial charge in [-0.2, -0.15) is 0 Å². The molecule has 0 amide bonds. The van der Waals surface area contributed by atoms with Crippen LogP contribution in [0.25, 0.3) is 0 Å². The summed E-state index contributed by atoms with van der Waals surface area (Å²) < 4.78 is 5.04. The number of carbonyl (C=O) groups is 1.